The summed E-state index contributed by atoms with van der Waals surface area (Å²) in [7, 11) is 0.918. The van der Waals surface area contributed by atoms with Crippen LogP contribution in [0.4, 0.5) is 54.8 Å². The number of methoxy groups -OCH3 is 1. The molecule has 1 aliphatic carbocycles. The van der Waals surface area contributed by atoms with E-state index in [0.29, 0.717) is 31.0 Å². The van der Waals surface area contributed by atoms with E-state index in [2.05, 4.69) is 0 Å². The normalized spacial score (nSPS) is 19.3. The van der Waals surface area contributed by atoms with E-state index >= 15 is 0 Å². The summed E-state index contributed by atoms with van der Waals surface area (Å²) in [6.45, 7) is 0.627. The van der Waals surface area contributed by atoms with E-state index in [9.17, 15) is 49.1 Å². The third-order valence-electron chi connectivity index (χ3n) is 7.19. The molecule has 2 aromatic carbocycles. The number of halogens is 9. The minimum absolute atomic E-state index is 0.0245. The van der Waals surface area contributed by atoms with Gasteiger partial charge in [0, 0.05) is 12.6 Å². The van der Waals surface area contributed by atoms with E-state index in [-0.39, 0.29) is 36.3 Å². The van der Waals surface area contributed by atoms with Gasteiger partial charge >= 0.3 is 30.7 Å². The van der Waals surface area contributed by atoms with Crippen LogP contribution in [0.15, 0.2) is 36.4 Å². The Morgan fingerprint density at radius 3 is 1.93 bits per heavy atom. The van der Waals surface area contributed by atoms with Crippen molar-refractivity contribution in [3.63, 3.8) is 0 Å². The molecule has 0 aromatic heterocycles. The summed E-state index contributed by atoms with van der Waals surface area (Å²) < 4.78 is 132. The number of hydrogen-bond donors (Lipinski definition) is 0. The Morgan fingerprint density at radius 2 is 1.45 bits per heavy atom. The summed E-state index contributed by atoms with van der Waals surface area (Å²) >= 11 is 0. The molecular formula is C27H25F9N2O4. The number of benzene rings is 2. The van der Waals surface area contributed by atoms with Gasteiger partial charge in [-0.2, -0.15) is 39.5 Å². The molecule has 1 fully saturated rings. The van der Waals surface area contributed by atoms with Gasteiger partial charge in [-0.1, -0.05) is 0 Å². The van der Waals surface area contributed by atoms with E-state index in [1.165, 1.54) is 11.8 Å². The molecule has 2 atom stereocenters. The molecule has 230 valence electrons. The molecular weight excluding hydrogens is 587 g/mol. The van der Waals surface area contributed by atoms with E-state index < -0.39 is 71.6 Å². The fourth-order valence-electron chi connectivity index (χ4n) is 5.19. The predicted octanol–water partition coefficient (Wildman–Crippen LogP) is 8.20. The molecule has 0 bridgehead atoms. The van der Waals surface area contributed by atoms with E-state index in [4.69, 9.17) is 9.47 Å². The Labute approximate surface area is 234 Å². The maximum Gasteiger partial charge on any atom is 0.416 e. The van der Waals surface area contributed by atoms with Crippen molar-refractivity contribution < 1.29 is 58.6 Å². The summed E-state index contributed by atoms with van der Waals surface area (Å²) in [5.41, 5.74) is -5.17. The lowest BCUT2D eigenvalue weighted by Crippen LogP contribution is -2.50. The third-order valence-corrected chi connectivity index (χ3v) is 7.19. The number of amides is 2. The molecule has 0 saturated heterocycles. The van der Waals surface area contributed by atoms with Crippen molar-refractivity contribution in [2.24, 2.45) is 5.92 Å². The van der Waals surface area contributed by atoms with Crippen LogP contribution in [0.25, 0.3) is 0 Å². The standard InChI is InChI=1S/C27H25F9N2O4/c1-3-42-24(40)38-20-7-6-16(25(28,29)30)11-19(20)22(12-21(38)15-4-5-15)37(23(39)41-2)13-14-8-17(26(31,32)33)10-18(9-14)27(34,35)36/h6-11,15,21-22H,3-5,12-13H2,1-2H3/t21-,22-/m1/s1. The van der Waals surface area contributed by atoms with Gasteiger partial charge in [0.15, 0.2) is 0 Å². The van der Waals surface area contributed by atoms with Gasteiger partial charge in [0.1, 0.15) is 0 Å². The Morgan fingerprint density at radius 1 is 0.881 bits per heavy atom. The van der Waals surface area contributed by atoms with Crippen LogP contribution in [-0.4, -0.2) is 36.8 Å². The second kappa shape index (κ2) is 11.2. The highest BCUT2D eigenvalue weighted by atomic mass is 19.4. The molecule has 1 heterocycles. The molecule has 6 nitrogen and oxygen atoms in total. The summed E-state index contributed by atoms with van der Waals surface area (Å²) in [4.78, 5) is 28.0. The molecule has 0 radical (unpaired) electrons. The first kappa shape index (κ1) is 31.3. The number of fused-ring (bicyclic) bond motifs is 1. The molecule has 2 amide bonds. The first-order valence-corrected chi connectivity index (χ1v) is 12.8. The van der Waals surface area contributed by atoms with Crippen LogP contribution in [0.5, 0.6) is 0 Å². The SMILES string of the molecule is CCOC(=O)N1c2ccc(C(F)(F)F)cc2[C@H](N(Cc2cc(C(F)(F)F)cc(C(F)(F)F)c2)C(=O)OC)C[C@@H]1C1CC1. The molecule has 15 heteroatoms. The molecule has 0 N–H and O–H groups in total. The van der Waals surface area contributed by atoms with Crippen LogP contribution in [0.3, 0.4) is 0 Å². The van der Waals surface area contributed by atoms with Crippen LogP contribution in [0, 0.1) is 5.92 Å². The molecule has 1 aliphatic heterocycles. The monoisotopic (exact) mass is 612 g/mol. The van der Waals surface area contributed by atoms with Crippen LogP contribution in [0.1, 0.15) is 60.0 Å². The Balaban J connectivity index is 1.88. The van der Waals surface area contributed by atoms with Gasteiger partial charge in [0.25, 0.3) is 0 Å². The van der Waals surface area contributed by atoms with Crippen molar-refractivity contribution in [3.8, 4) is 0 Å². The Kier molecular flexibility index (Phi) is 8.35. The van der Waals surface area contributed by atoms with Gasteiger partial charge in [0.05, 0.1) is 42.1 Å². The average molecular weight is 612 g/mol. The number of rotatable bonds is 5. The number of alkyl halides is 9. The van der Waals surface area contributed by atoms with Crippen LogP contribution in [0.2, 0.25) is 0 Å². The van der Waals surface area contributed by atoms with Gasteiger partial charge in [-0.3, -0.25) is 9.80 Å². The molecule has 42 heavy (non-hydrogen) atoms. The number of carbonyl (C=O) groups is 2. The Bertz CT molecular complexity index is 1300. The second-order valence-electron chi connectivity index (χ2n) is 10.0. The van der Waals surface area contributed by atoms with Crippen molar-refractivity contribution in [1.29, 1.82) is 0 Å². The topological polar surface area (TPSA) is 59.1 Å². The number of hydrogen-bond acceptors (Lipinski definition) is 4. The largest absolute Gasteiger partial charge is 0.453 e. The number of ether oxygens (including phenoxy) is 2. The molecule has 4 rings (SSSR count). The minimum Gasteiger partial charge on any atom is -0.453 e. The highest BCUT2D eigenvalue weighted by molar-refractivity contribution is 5.91. The lowest BCUT2D eigenvalue weighted by atomic mass is 9.86. The molecule has 2 aliphatic rings. The van der Waals surface area contributed by atoms with Crippen molar-refractivity contribution in [3.05, 3.63) is 64.2 Å². The maximum absolute atomic E-state index is 13.7. The zero-order valence-electron chi connectivity index (χ0n) is 22.2. The van der Waals surface area contributed by atoms with Gasteiger partial charge < -0.3 is 9.47 Å². The van der Waals surface area contributed by atoms with Crippen molar-refractivity contribution in [2.45, 2.75) is 63.3 Å². The summed E-state index contributed by atoms with van der Waals surface area (Å²) in [5, 5.41) is 0. The fourth-order valence-corrected chi connectivity index (χ4v) is 5.19. The summed E-state index contributed by atoms with van der Waals surface area (Å²) in [5.74, 6) is -0.128. The first-order valence-electron chi connectivity index (χ1n) is 12.8. The first-order chi connectivity index (χ1) is 19.5. The van der Waals surface area contributed by atoms with Gasteiger partial charge in [-0.25, -0.2) is 9.59 Å². The Hall–Kier alpha value is -3.65. The maximum atomic E-state index is 13.7. The van der Waals surface area contributed by atoms with E-state index in [1.807, 2.05) is 0 Å². The van der Waals surface area contributed by atoms with Gasteiger partial charge in [-0.15, -0.1) is 0 Å². The highest BCUT2D eigenvalue weighted by Crippen LogP contribution is 2.50. The molecule has 0 unspecified atom stereocenters. The van der Waals surface area contributed by atoms with E-state index in [1.54, 1.807) is 0 Å². The third kappa shape index (κ3) is 6.54. The minimum atomic E-state index is -5.16. The number of anilines is 1. The van der Waals surface area contributed by atoms with Gasteiger partial charge in [0.2, 0.25) is 0 Å². The molecule has 1 saturated carbocycles. The van der Waals surface area contributed by atoms with Crippen molar-refractivity contribution in [1.82, 2.24) is 4.90 Å². The predicted molar refractivity (Wildman–Crippen MR) is 129 cm³/mol. The lowest BCUT2D eigenvalue weighted by Gasteiger charge is -2.44. The van der Waals surface area contributed by atoms with Crippen LogP contribution < -0.4 is 4.90 Å². The number of nitrogens with zero attached hydrogens (tertiary/aromatic N) is 2. The van der Waals surface area contributed by atoms with Crippen LogP contribution >= 0.6 is 0 Å². The summed E-state index contributed by atoms with van der Waals surface area (Å²) in [6.07, 6.45) is -16.1. The lowest BCUT2D eigenvalue weighted by molar-refractivity contribution is -0.143. The highest BCUT2D eigenvalue weighted by Gasteiger charge is 2.48. The summed E-state index contributed by atoms with van der Waals surface area (Å²) in [6, 6.07) is 1.29. The van der Waals surface area contributed by atoms with Crippen molar-refractivity contribution in [2.75, 3.05) is 18.6 Å². The fraction of sp³-hybridized carbons (Fsp3) is 0.481. The zero-order valence-corrected chi connectivity index (χ0v) is 22.2. The van der Waals surface area contributed by atoms with Crippen molar-refractivity contribution >= 4 is 17.9 Å². The molecule has 0 spiro atoms. The average Bonchev–Trinajstić information content (AvgIpc) is 3.74. The van der Waals surface area contributed by atoms with Crippen LogP contribution in [-0.2, 0) is 34.5 Å². The number of carbonyl (C=O) groups excluding carboxylic acids is 2. The molecule has 2 aromatic rings. The smallest absolute Gasteiger partial charge is 0.416 e. The second-order valence-corrected chi connectivity index (χ2v) is 10.0. The van der Waals surface area contributed by atoms with E-state index in [0.717, 1.165) is 24.1 Å². The zero-order chi connectivity index (χ0) is 31.2. The quantitative estimate of drug-likeness (QED) is 0.320. The van der Waals surface area contributed by atoms with Gasteiger partial charge in [-0.05, 0) is 79.6 Å².